The molecule has 1 saturated heterocycles. The van der Waals surface area contributed by atoms with Crippen LogP contribution < -0.4 is 10.5 Å². The zero-order valence-electron chi connectivity index (χ0n) is 15.9. The first-order chi connectivity index (χ1) is 14.2. The van der Waals surface area contributed by atoms with Crippen molar-refractivity contribution in [2.45, 2.75) is 6.10 Å². The first kappa shape index (κ1) is 17.6. The number of hydrogen-bond acceptors (Lipinski definition) is 7. The fourth-order valence-corrected chi connectivity index (χ4v) is 3.55. The Morgan fingerprint density at radius 1 is 1.14 bits per heavy atom. The van der Waals surface area contributed by atoms with Crippen molar-refractivity contribution in [3.8, 4) is 11.4 Å². The van der Waals surface area contributed by atoms with Crippen molar-refractivity contribution in [2.24, 2.45) is 7.05 Å². The van der Waals surface area contributed by atoms with Gasteiger partial charge in [-0.3, -0.25) is 9.36 Å². The molecule has 1 fully saturated rings. The summed E-state index contributed by atoms with van der Waals surface area (Å²) in [6.07, 6.45) is 2.84. The van der Waals surface area contributed by atoms with E-state index in [1.54, 1.807) is 23.9 Å². The van der Waals surface area contributed by atoms with E-state index in [0.717, 1.165) is 16.7 Å². The van der Waals surface area contributed by atoms with Gasteiger partial charge in [-0.1, -0.05) is 18.2 Å². The van der Waals surface area contributed by atoms with Crippen LogP contribution in [-0.2, 0) is 11.8 Å². The second kappa shape index (κ2) is 7.14. The lowest BCUT2D eigenvalue weighted by atomic mass is 10.2. The molecule has 146 valence electrons. The minimum Gasteiger partial charge on any atom is -0.458 e. The van der Waals surface area contributed by atoms with Gasteiger partial charge < -0.3 is 14.1 Å². The van der Waals surface area contributed by atoms with Crippen molar-refractivity contribution in [3.05, 3.63) is 71.1 Å². The Bertz CT molecular complexity index is 1180. The summed E-state index contributed by atoms with van der Waals surface area (Å²) in [7, 11) is 1.72. The molecule has 5 rings (SSSR count). The number of aromatic nitrogens is 4. The quantitative estimate of drug-likeness (QED) is 0.532. The molecule has 0 amide bonds. The molecule has 0 spiro atoms. The van der Waals surface area contributed by atoms with Crippen molar-refractivity contribution < 1.29 is 9.15 Å². The van der Waals surface area contributed by atoms with Crippen LogP contribution >= 0.6 is 0 Å². The van der Waals surface area contributed by atoms with Gasteiger partial charge in [0.2, 0.25) is 5.95 Å². The molecule has 0 bridgehead atoms. The number of furan rings is 1. The number of ether oxygens (including phenoxy) is 1. The van der Waals surface area contributed by atoms with Crippen LogP contribution in [0.15, 0.2) is 64.2 Å². The molecule has 1 aliphatic rings. The standard InChI is InChI=1S/C21H19N5O3/c1-25-20(27)11-16(15-6-7-22-13-23-15)24-21(25)26-8-9-28-19(12-26)18-10-14-4-2-3-5-17(14)29-18/h2-7,10-11,13,19H,8-9,12H2,1H3. The Kier molecular flexibility index (Phi) is 4.33. The van der Waals surface area contributed by atoms with Crippen molar-refractivity contribution in [3.63, 3.8) is 0 Å². The van der Waals surface area contributed by atoms with E-state index in [9.17, 15) is 4.79 Å². The highest BCUT2D eigenvalue weighted by atomic mass is 16.5. The predicted octanol–water partition coefficient (Wildman–Crippen LogP) is 2.56. The summed E-state index contributed by atoms with van der Waals surface area (Å²) in [6.45, 7) is 1.67. The molecule has 0 saturated carbocycles. The lowest BCUT2D eigenvalue weighted by molar-refractivity contribution is 0.0260. The fraction of sp³-hybridized carbons (Fsp3) is 0.238. The van der Waals surface area contributed by atoms with Gasteiger partial charge in [-0.2, -0.15) is 0 Å². The maximum absolute atomic E-state index is 12.5. The maximum atomic E-state index is 12.5. The number of fused-ring (bicyclic) bond motifs is 1. The Balaban J connectivity index is 1.49. The van der Waals surface area contributed by atoms with Gasteiger partial charge in [-0.05, 0) is 18.2 Å². The second-order valence-electron chi connectivity index (χ2n) is 6.93. The van der Waals surface area contributed by atoms with Gasteiger partial charge in [-0.25, -0.2) is 15.0 Å². The molecule has 29 heavy (non-hydrogen) atoms. The summed E-state index contributed by atoms with van der Waals surface area (Å²) in [4.78, 5) is 27.4. The topological polar surface area (TPSA) is 86.3 Å². The lowest BCUT2D eigenvalue weighted by Gasteiger charge is -2.33. The first-order valence-electron chi connectivity index (χ1n) is 9.38. The second-order valence-corrected chi connectivity index (χ2v) is 6.93. The Morgan fingerprint density at radius 2 is 2.03 bits per heavy atom. The van der Waals surface area contributed by atoms with E-state index in [0.29, 0.717) is 37.0 Å². The van der Waals surface area contributed by atoms with E-state index in [1.807, 2.05) is 35.2 Å². The van der Waals surface area contributed by atoms with Crippen LogP contribution in [0, 0.1) is 0 Å². The predicted molar refractivity (Wildman–Crippen MR) is 108 cm³/mol. The molecule has 1 aliphatic heterocycles. The minimum absolute atomic E-state index is 0.143. The average molecular weight is 389 g/mol. The van der Waals surface area contributed by atoms with Crippen molar-refractivity contribution in [2.75, 3.05) is 24.6 Å². The third-order valence-corrected chi connectivity index (χ3v) is 5.07. The van der Waals surface area contributed by atoms with Crippen LogP contribution in [0.25, 0.3) is 22.4 Å². The molecule has 0 N–H and O–H groups in total. The van der Waals surface area contributed by atoms with Crippen molar-refractivity contribution >= 4 is 16.9 Å². The van der Waals surface area contributed by atoms with Gasteiger partial charge in [0, 0.05) is 31.2 Å². The molecule has 0 radical (unpaired) electrons. The van der Waals surface area contributed by atoms with Crippen molar-refractivity contribution in [1.29, 1.82) is 0 Å². The highest BCUT2D eigenvalue weighted by Crippen LogP contribution is 2.30. The van der Waals surface area contributed by atoms with E-state index in [-0.39, 0.29) is 11.7 Å². The zero-order valence-corrected chi connectivity index (χ0v) is 15.9. The zero-order chi connectivity index (χ0) is 19.8. The van der Waals surface area contributed by atoms with E-state index in [4.69, 9.17) is 14.1 Å². The van der Waals surface area contributed by atoms with Crippen LogP contribution in [0.3, 0.4) is 0 Å². The Morgan fingerprint density at radius 3 is 2.86 bits per heavy atom. The summed E-state index contributed by atoms with van der Waals surface area (Å²) in [5.74, 6) is 1.35. The molecule has 8 nitrogen and oxygen atoms in total. The maximum Gasteiger partial charge on any atom is 0.255 e. The number of nitrogens with zero attached hydrogens (tertiary/aromatic N) is 5. The van der Waals surface area contributed by atoms with Gasteiger partial charge in [-0.15, -0.1) is 0 Å². The van der Waals surface area contributed by atoms with E-state index >= 15 is 0 Å². The summed E-state index contributed by atoms with van der Waals surface area (Å²) in [5.41, 5.74) is 1.83. The fourth-order valence-electron chi connectivity index (χ4n) is 3.55. The monoisotopic (exact) mass is 389 g/mol. The Hall–Kier alpha value is -3.52. The highest BCUT2D eigenvalue weighted by Gasteiger charge is 2.27. The van der Waals surface area contributed by atoms with Crippen molar-refractivity contribution in [1.82, 2.24) is 19.5 Å². The van der Waals surface area contributed by atoms with E-state index in [2.05, 4.69) is 9.97 Å². The van der Waals surface area contributed by atoms with Crippen LogP contribution in [-0.4, -0.2) is 39.2 Å². The first-order valence-corrected chi connectivity index (χ1v) is 9.38. The van der Waals surface area contributed by atoms with Gasteiger partial charge in [0.25, 0.3) is 5.56 Å². The number of rotatable bonds is 3. The van der Waals surface area contributed by atoms with Gasteiger partial charge in [0.15, 0.2) is 0 Å². The molecule has 3 aromatic heterocycles. The molecule has 0 aliphatic carbocycles. The SMILES string of the molecule is Cn1c(N2CCOC(c3cc4ccccc4o3)C2)nc(-c2ccncn2)cc1=O. The van der Waals surface area contributed by atoms with Gasteiger partial charge in [0.1, 0.15) is 23.8 Å². The smallest absolute Gasteiger partial charge is 0.255 e. The Labute approximate surface area is 166 Å². The van der Waals surface area contributed by atoms with Crippen LogP contribution in [0.2, 0.25) is 0 Å². The molecule has 8 heteroatoms. The number of anilines is 1. The summed E-state index contributed by atoms with van der Waals surface area (Å²) in [5, 5.41) is 1.04. The summed E-state index contributed by atoms with van der Waals surface area (Å²) < 4.78 is 13.5. The van der Waals surface area contributed by atoms with E-state index < -0.39 is 0 Å². The van der Waals surface area contributed by atoms with Gasteiger partial charge in [0.05, 0.1) is 24.5 Å². The average Bonchev–Trinajstić information content (AvgIpc) is 3.21. The summed E-state index contributed by atoms with van der Waals surface area (Å²) in [6, 6.07) is 13.1. The molecular weight excluding hydrogens is 370 g/mol. The third kappa shape index (κ3) is 3.27. The molecule has 4 heterocycles. The highest BCUT2D eigenvalue weighted by molar-refractivity contribution is 5.77. The third-order valence-electron chi connectivity index (χ3n) is 5.07. The van der Waals surface area contributed by atoms with Crippen LogP contribution in [0.5, 0.6) is 0 Å². The molecule has 1 unspecified atom stereocenters. The largest absolute Gasteiger partial charge is 0.458 e. The summed E-state index contributed by atoms with van der Waals surface area (Å²) >= 11 is 0. The van der Waals surface area contributed by atoms with Crippen LogP contribution in [0.4, 0.5) is 5.95 Å². The van der Waals surface area contributed by atoms with Crippen LogP contribution in [0.1, 0.15) is 11.9 Å². The lowest BCUT2D eigenvalue weighted by Crippen LogP contribution is -2.41. The van der Waals surface area contributed by atoms with E-state index in [1.165, 1.54) is 12.4 Å². The van der Waals surface area contributed by atoms with Gasteiger partial charge >= 0.3 is 0 Å². The number of benzene rings is 1. The number of hydrogen-bond donors (Lipinski definition) is 0. The molecular formula is C21H19N5O3. The molecule has 4 aromatic rings. The normalized spacial score (nSPS) is 17.0. The number of morpholine rings is 1. The minimum atomic E-state index is -0.240. The number of para-hydroxylation sites is 1. The molecule has 1 atom stereocenters. The molecule has 1 aromatic carbocycles.